The highest BCUT2D eigenvalue weighted by Crippen LogP contribution is 2.25. The maximum atomic E-state index is 4.47. The van der Waals surface area contributed by atoms with E-state index in [4.69, 9.17) is 0 Å². The molecule has 0 bridgehead atoms. The first-order chi connectivity index (χ1) is 10.7. The van der Waals surface area contributed by atoms with Crippen molar-refractivity contribution in [3.05, 3.63) is 54.7 Å². The van der Waals surface area contributed by atoms with Crippen LogP contribution in [-0.4, -0.2) is 29.3 Å². The second-order valence-electron chi connectivity index (χ2n) is 5.22. The van der Waals surface area contributed by atoms with E-state index in [1.165, 1.54) is 16.5 Å². The third-order valence-electron chi connectivity index (χ3n) is 3.70. The molecule has 0 saturated heterocycles. The van der Waals surface area contributed by atoms with Crippen LogP contribution in [0.4, 0.5) is 0 Å². The van der Waals surface area contributed by atoms with Crippen molar-refractivity contribution in [2.45, 2.75) is 6.92 Å². The highest BCUT2D eigenvalue weighted by Gasteiger charge is 2.10. The van der Waals surface area contributed by atoms with Crippen molar-refractivity contribution in [3.63, 3.8) is 0 Å². The lowest BCUT2D eigenvalue weighted by Gasteiger charge is -1.99. The van der Waals surface area contributed by atoms with Gasteiger partial charge in [-0.15, -0.1) is 5.10 Å². The molecule has 1 aromatic carbocycles. The predicted octanol–water partition coefficient (Wildman–Crippen LogP) is 2.52. The van der Waals surface area contributed by atoms with Gasteiger partial charge in [-0.1, -0.05) is 0 Å². The van der Waals surface area contributed by atoms with Gasteiger partial charge in [0.15, 0.2) is 5.82 Å². The molecule has 0 aliphatic heterocycles. The zero-order valence-corrected chi connectivity index (χ0v) is 12.3. The van der Waals surface area contributed by atoms with Crippen LogP contribution in [0.1, 0.15) is 5.56 Å². The smallest absolute Gasteiger partial charge is 0.251 e. The summed E-state index contributed by atoms with van der Waals surface area (Å²) in [6.45, 7) is 2.11. The van der Waals surface area contributed by atoms with Gasteiger partial charge >= 0.3 is 0 Å². The van der Waals surface area contributed by atoms with Gasteiger partial charge in [-0.2, -0.15) is 4.68 Å². The van der Waals surface area contributed by atoms with Crippen molar-refractivity contribution < 1.29 is 0 Å². The molecule has 0 aliphatic carbocycles. The van der Waals surface area contributed by atoms with Crippen LogP contribution in [0.15, 0.2) is 49.2 Å². The fraction of sp³-hybridized carbons (Fsp3) is 0.125. The molecule has 0 atom stereocenters. The van der Waals surface area contributed by atoms with E-state index in [9.17, 15) is 0 Å². The average molecular weight is 290 g/mol. The zero-order chi connectivity index (χ0) is 15.1. The Morgan fingerprint density at radius 1 is 1.05 bits per heavy atom. The zero-order valence-electron chi connectivity index (χ0n) is 12.3. The molecule has 0 unspecified atom stereocenters. The molecule has 3 heterocycles. The maximum Gasteiger partial charge on any atom is 0.251 e. The molecule has 0 fully saturated rings. The maximum absolute atomic E-state index is 4.47. The van der Waals surface area contributed by atoms with Crippen molar-refractivity contribution in [2.75, 3.05) is 0 Å². The Morgan fingerprint density at radius 3 is 2.68 bits per heavy atom. The van der Waals surface area contributed by atoms with Crippen molar-refractivity contribution in [1.82, 2.24) is 29.3 Å². The molecular formula is C16H14N6. The molecule has 3 aromatic heterocycles. The van der Waals surface area contributed by atoms with E-state index in [-0.39, 0.29) is 0 Å². The molecule has 6 nitrogen and oxygen atoms in total. The molecule has 0 aliphatic rings. The Bertz CT molecular complexity index is 951. The predicted molar refractivity (Wildman–Crippen MR) is 83.6 cm³/mol. The van der Waals surface area contributed by atoms with E-state index in [0.29, 0.717) is 11.8 Å². The first-order valence-electron chi connectivity index (χ1n) is 6.97. The van der Waals surface area contributed by atoms with E-state index >= 15 is 0 Å². The Morgan fingerprint density at radius 2 is 1.86 bits per heavy atom. The minimum atomic E-state index is 0.512. The number of benzene rings is 1. The van der Waals surface area contributed by atoms with Gasteiger partial charge in [0.1, 0.15) is 6.33 Å². The van der Waals surface area contributed by atoms with Crippen LogP contribution in [0.5, 0.6) is 0 Å². The van der Waals surface area contributed by atoms with Gasteiger partial charge in [-0.3, -0.25) is 0 Å². The van der Waals surface area contributed by atoms with Crippen LogP contribution < -0.4 is 0 Å². The number of aryl methyl sites for hydroxylation is 2. The first kappa shape index (κ1) is 12.7. The lowest BCUT2D eigenvalue weighted by molar-refractivity contribution is 0.808. The van der Waals surface area contributed by atoms with Crippen molar-refractivity contribution in [1.29, 1.82) is 0 Å². The Kier molecular flexibility index (Phi) is 2.75. The summed E-state index contributed by atoms with van der Waals surface area (Å²) in [7, 11) is 2.05. The minimum Gasteiger partial charge on any atom is -0.350 e. The summed E-state index contributed by atoms with van der Waals surface area (Å²) in [6, 6.07) is 8.02. The van der Waals surface area contributed by atoms with Gasteiger partial charge in [0, 0.05) is 42.1 Å². The minimum absolute atomic E-state index is 0.512. The van der Waals surface area contributed by atoms with Crippen LogP contribution in [0.2, 0.25) is 0 Å². The van der Waals surface area contributed by atoms with E-state index in [2.05, 4.69) is 56.9 Å². The summed E-state index contributed by atoms with van der Waals surface area (Å²) in [5.41, 5.74) is 3.42. The molecule has 108 valence electrons. The van der Waals surface area contributed by atoms with Gasteiger partial charge in [0.2, 0.25) is 0 Å². The van der Waals surface area contributed by atoms with Crippen LogP contribution in [0.25, 0.3) is 28.2 Å². The molecule has 0 spiro atoms. The van der Waals surface area contributed by atoms with Crippen molar-refractivity contribution in [3.8, 4) is 17.3 Å². The van der Waals surface area contributed by atoms with Gasteiger partial charge < -0.3 is 4.57 Å². The van der Waals surface area contributed by atoms with Gasteiger partial charge in [0.25, 0.3) is 5.95 Å². The molecular weight excluding hydrogens is 276 g/mol. The number of rotatable bonds is 2. The average Bonchev–Trinajstić information content (AvgIpc) is 3.14. The summed E-state index contributed by atoms with van der Waals surface area (Å²) in [6.07, 6.45) is 7.12. The lowest BCUT2D eigenvalue weighted by Crippen LogP contribution is -2.00. The molecule has 0 N–H and O–H groups in total. The van der Waals surface area contributed by atoms with Crippen LogP contribution in [0, 0.1) is 6.92 Å². The summed E-state index contributed by atoms with van der Waals surface area (Å²) >= 11 is 0. The summed E-state index contributed by atoms with van der Waals surface area (Å²) in [5, 5.41) is 5.68. The summed E-state index contributed by atoms with van der Waals surface area (Å²) in [5.74, 6) is 1.18. The first-order valence-corrected chi connectivity index (χ1v) is 6.97. The summed E-state index contributed by atoms with van der Waals surface area (Å²) in [4.78, 5) is 12.7. The fourth-order valence-corrected chi connectivity index (χ4v) is 2.63. The number of hydrogen-bond donors (Lipinski definition) is 0. The Balaban J connectivity index is 1.79. The Labute approximate surface area is 127 Å². The Hall–Kier alpha value is -3.02. The van der Waals surface area contributed by atoms with E-state index in [1.54, 1.807) is 29.5 Å². The molecule has 0 amide bonds. The molecule has 6 heteroatoms. The number of fused-ring (bicyclic) bond motifs is 1. The van der Waals surface area contributed by atoms with Crippen molar-refractivity contribution in [2.24, 2.45) is 7.05 Å². The monoisotopic (exact) mass is 290 g/mol. The van der Waals surface area contributed by atoms with E-state index in [0.717, 1.165) is 5.56 Å². The quantitative estimate of drug-likeness (QED) is 0.569. The molecule has 0 saturated carbocycles. The van der Waals surface area contributed by atoms with E-state index < -0.39 is 0 Å². The normalized spacial score (nSPS) is 11.2. The molecule has 0 radical (unpaired) electrons. The lowest BCUT2D eigenvalue weighted by atomic mass is 10.1. The molecule has 4 rings (SSSR count). The highest BCUT2D eigenvalue weighted by atomic mass is 15.4. The van der Waals surface area contributed by atoms with Gasteiger partial charge in [0.05, 0.1) is 0 Å². The van der Waals surface area contributed by atoms with Crippen LogP contribution in [0.3, 0.4) is 0 Å². The van der Waals surface area contributed by atoms with Crippen molar-refractivity contribution >= 4 is 10.9 Å². The largest absolute Gasteiger partial charge is 0.350 e. The number of nitrogens with zero attached hydrogens (tertiary/aromatic N) is 6. The summed E-state index contributed by atoms with van der Waals surface area (Å²) < 4.78 is 3.70. The number of hydrogen-bond acceptors (Lipinski definition) is 4. The second-order valence-corrected chi connectivity index (χ2v) is 5.22. The second kappa shape index (κ2) is 4.77. The topological polar surface area (TPSA) is 61.4 Å². The van der Waals surface area contributed by atoms with Gasteiger partial charge in [-0.25, -0.2) is 15.0 Å². The highest BCUT2D eigenvalue weighted by molar-refractivity contribution is 5.87. The number of aromatic nitrogens is 6. The van der Waals surface area contributed by atoms with Crippen LogP contribution >= 0.6 is 0 Å². The molecule has 4 aromatic rings. The third kappa shape index (κ3) is 1.96. The standard InChI is InChI=1S/C16H14N6/c1-11-9-21(2)14-5-4-12(8-13(11)14)15-19-10-22(20-15)16-17-6-3-7-18-16/h3-10H,1-2H3. The SMILES string of the molecule is Cc1cn(C)c2ccc(-c3ncn(-c4ncccn4)n3)cc12. The van der Waals surface area contributed by atoms with Crippen LogP contribution in [-0.2, 0) is 7.05 Å². The van der Waals surface area contributed by atoms with E-state index in [1.807, 2.05) is 6.07 Å². The third-order valence-corrected chi connectivity index (χ3v) is 3.70. The molecule has 22 heavy (non-hydrogen) atoms. The van der Waals surface area contributed by atoms with Gasteiger partial charge in [-0.05, 0) is 36.8 Å². The fourth-order valence-electron chi connectivity index (χ4n) is 2.63.